The Kier molecular flexibility index (Phi) is 6.72. The highest BCUT2D eigenvalue weighted by molar-refractivity contribution is 7.99. The average molecular weight is 145 g/mol. The van der Waals surface area contributed by atoms with Gasteiger partial charge in [0.1, 0.15) is 0 Å². The molecule has 1 heteroatoms. The van der Waals surface area contributed by atoms with Crippen LogP contribution in [0.3, 0.4) is 0 Å². The Bertz CT molecular complexity index is 52.5. The lowest BCUT2D eigenvalue weighted by atomic mass is 10.2. The number of hydrogen-bond acceptors (Lipinski definition) is 1. The van der Waals surface area contributed by atoms with Crippen molar-refractivity contribution in [3.8, 4) is 0 Å². The maximum absolute atomic E-state index is 3.81. The van der Waals surface area contributed by atoms with E-state index in [9.17, 15) is 0 Å². The lowest BCUT2D eigenvalue weighted by Gasteiger charge is -2.06. The molecule has 0 saturated heterocycles. The van der Waals surface area contributed by atoms with E-state index in [1.165, 1.54) is 18.6 Å². The molecule has 0 aliphatic carbocycles. The SMILES string of the molecule is [CH2]CCCC(C)SCC. The number of rotatable bonds is 5. The summed E-state index contributed by atoms with van der Waals surface area (Å²) < 4.78 is 0. The molecule has 0 saturated carbocycles. The molecule has 0 aromatic heterocycles. The van der Waals surface area contributed by atoms with Crippen molar-refractivity contribution in [3.63, 3.8) is 0 Å². The van der Waals surface area contributed by atoms with Crippen molar-refractivity contribution in [3.05, 3.63) is 6.92 Å². The molecule has 0 aromatic carbocycles. The number of hydrogen-bond donors (Lipinski definition) is 0. The van der Waals surface area contributed by atoms with Crippen molar-refractivity contribution in [1.82, 2.24) is 0 Å². The van der Waals surface area contributed by atoms with Gasteiger partial charge in [-0.25, -0.2) is 0 Å². The van der Waals surface area contributed by atoms with Gasteiger partial charge in [-0.2, -0.15) is 11.8 Å². The van der Waals surface area contributed by atoms with E-state index in [0.29, 0.717) is 0 Å². The zero-order valence-corrected chi connectivity index (χ0v) is 7.34. The minimum absolute atomic E-state index is 0.844. The van der Waals surface area contributed by atoms with Crippen molar-refractivity contribution in [1.29, 1.82) is 0 Å². The maximum atomic E-state index is 3.81. The third-order valence-corrected chi connectivity index (χ3v) is 2.45. The predicted molar refractivity (Wildman–Crippen MR) is 46.8 cm³/mol. The van der Waals surface area contributed by atoms with Crippen molar-refractivity contribution in [2.75, 3.05) is 5.75 Å². The molecule has 0 fully saturated rings. The second-order valence-electron chi connectivity index (χ2n) is 2.26. The molecule has 0 amide bonds. The summed E-state index contributed by atoms with van der Waals surface area (Å²) in [4.78, 5) is 0. The van der Waals surface area contributed by atoms with Gasteiger partial charge in [0, 0.05) is 5.25 Å². The second-order valence-corrected chi connectivity index (χ2v) is 3.98. The average Bonchev–Trinajstić information content (AvgIpc) is 1.85. The summed E-state index contributed by atoms with van der Waals surface area (Å²) in [5.74, 6) is 1.25. The van der Waals surface area contributed by atoms with Crippen molar-refractivity contribution >= 4 is 11.8 Å². The molecule has 0 aliphatic rings. The quantitative estimate of drug-likeness (QED) is 0.572. The first kappa shape index (κ1) is 9.35. The van der Waals surface area contributed by atoms with Crippen LogP contribution in [0.15, 0.2) is 0 Å². The molecule has 0 rings (SSSR count). The van der Waals surface area contributed by atoms with E-state index in [0.717, 1.165) is 11.7 Å². The van der Waals surface area contributed by atoms with Crippen LogP contribution in [-0.4, -0.2) is 11.0 Å². The van der Waals surface area contributed by atoms with E-state index in [2.05, 4.69) is 20.8 Å². The van der Waals surface area contributed by atoms with E-state index in [1.807, 2.05) is 11.8 Å². The van der Waals surface area contributed by atoms with Crippen molar-refractivity contribution in [2.45, 2.75) is 38.4 Å². The van der Waals surface area contributed by atoms with Crippen LogP contribution in [-0.2, 0) is 0 Å². The first-order chi connectivity index (χ1) is 4.31. The third kappa shape index (κ3) is 6.23. The molecule has 0 bridgehead atoms. The fourth-order valence-electron chi connectivity index (χ4n) is 0.800. The first-order valence-electron chi connectivity index (χ1n) is 3.72. The standard InChI is InChI=1S/C8H17S/c1-4-6-7-8(3)9-5-2/h8H,1,4-7H2,2-3H3. The van der Waals surface area contributed by atoms with Gasteiger partial charge in [-0.3, -0.25) is 0 Å². The lowest BCUT2D eigenvalue weighted by molar-refractivity contribution is 0.741. The lowest BCUT2D eigenvalue weighted by Crippen LogP contribution is -1.95. The van der Waals surface area contributed by atoms with Crippen LogP contribution < -0.4 is 0 Å². The summed E-state index contributed by atoms with van der Waals surface area (Å²) in [5.41, 5.74) is 0. The molecule has 1 atom stereocenters. The predicted octanol–water partition coefficient (Wildman–Crippen LogP) is 3.13. The van der Waals surface area contributed by atoms with Crippen LogP contribution in [0.25, 0.3) is 0 Å². The maximum Gasteiger partial charge on any atom is 0.00186 e. The summed E-state index contributed by atoms with van der Waals surface area (Å²) in [6, 6.07) is 0. The van der Waals surface area contributed by atoms with E-state index in [-0.39, 0.29) is 0 Å². The van der Waals surface area contributed by atoms with E-state index >= 15 is 0 Å². The van der Waals surface area contributed by atoms with E-state index in [1.54, 1.807) is 0 Å². The molecule has 0 heterocycles. The van der Waals surface area contributed by atoms with Gasteiger partial charge in [-0.1, -0.05) is 33.6 Å². The molecule has 0 N–H and O–H groups in total. The minimum Gasteiger partial charge on any atom is -0.159 e. The van der Waals surface area contributed by atoms with Gasteiger partial charge in [-0.05, 0) is 12.2 Å². The van der Waals surface area contributed by atoms with Crippen molar-refractivity contribution in [2.24, 2.45) is 0 Å². The summed E-state index contributed by atoms with van der Waals surface area (Å²) in [5, 5.41) is 0.844. The Morgan fingerprint density at radius 2 is 2.22 bits per heavy atom. The Morgan fingerprint density at radius 3 is 2.67 bits per heavy atom. The Morgan fingerprint density at radius 1 is 1.56 bits per heavy atom. The van der Waals surface area contributed by atoms with Crippen molar-refractivity contribution < 1.29 is 0 Å². The summed E-state index contributed by atoms with van der Waals surface area (Å²) in [7, 11) is 0. The molecule has 0 aromatic rings. The third-order valence-electron chi connectivity index (χ3n) is 1.31. The Labute approximate surface area is 63.4 Å². The highest BCUT2D eigenvalue weighted by Crippen LogP contribution is 2.15. The molecular weight excluding hydrogens is 128 g/mol. The fourth-order valence-corrected chi connectivity index (χ4v) is 1.70. The van der Waals surface area contributed by atoms with Gasteiger partial charge in [0.05, 0.1) is 0 Å². The highest BCUT2D eigenvalue weighted by atomic mass is 32.2. The number of thioether (sulfide) groups is 1. The molecule has 55 valence electrons. The zero-order chi connectivity index (χ0) is 7.11. The summed E-state index contributed by atoms with van der Waals surface area (Å²) in [6.07, 6.45) is 3.71. The van der Waals surface area contributed by atoms with Crippen LogP contribution >= 0.6 is 11.8 Å². The monoisotopic (exact) mass is 145 g/mol. The van der Waals surface area contributed by atoms with Crippen LogP contribution in [0.2, 0.25) is 0 Å². The Hall–Kier alpha value is 0.350. The second kappa shape index (κ2) is 6.47. The molecule has 0 aliphatic heterocycles. The molecule has 0 nitrogen and oxygen atoms in total. The molecule has 1 unspecified atom stereocenters. The van der Waals surface area contributed by atoms with Gasteiger partial charge >= 0.3 is 0 Å². The smallest absolute Gasteiger partial charge is 0.00186 e. The van der Waals surface area contributed by atoms with Gasteiger partial charge < -0.3 is 0 Å². The summed E-state index contributed by atoms with van der Waals surface area (Å²) in [6.45, 7) is 8.32. The topological polar surface area (TPSA) is 0 Å². The van der Waals surface area contributed by atoms with Crippen LogP contribution in [0.4, 0.5) is 0 Å². The zero-order valence-electron chi connectivity index (χ0n) is 6.52. The van der Waals surface area contributed by atoms with Gasteiger partial charge in [0.15, 0.2) is 0 Å². The van der Waals surface area contributed by atoms with E-state index < -0.39 is 0 Å². The number of unbranched alkanes of at least 4 members (excludes halogenated alkanes) is 1. The van der Waals surface area contributed by atoms with Crippen LogP contribution in [0, 0.1) is 6.92 Å². The minimum atomic E-state index is 0.844. The largest absolute Gasteiger partial charge is 0.159 e. The molecule has 0 spiro atoms. The molecule has 1 radical (unpaired) electrons. The highest BCUT2D eigenvalue weighted by Gasteiger charge is 1.97. The first-order valence-corrected chi connectivity index (χ1v) is 4.77. The van der Waals surface area contributed by atoms with Gasteiger partial charge in [-0.15, -0.1) is 0 Å². The summed E-state index contributed by atoms with van der Waals surface area (Å²) >= 11 is 2.04. The van der Waals surface area contributed by atoms with Crippen LogP contribution in [0.1, 0.15) is 33.1 Å². The van der Waals surface area contributed by atoms with E-state index in [4.69, 9.17) is 0 Å². The van der Waals surface area contributed by atoms with Crippen LogP contribution in [0.5, 0.6) is 0 Å². The fraction of sp³-hybridized carbons (Fsp3) is 0.875. The molecule has 9 heavy (non-hydrogen) atoms. The van der Waals surface area contributed by atoms with Gasteiger partial charge in [0.25, 0.3) is 0 Å². The Balaban J connectivity index is 2.95. The normalized spacial score (nSPS) is 13.7. The van der Waals surface area contributed by atoms with Gasteiger partial charge in [0.2, 0.25) is 0 Å². The molecular formula is C8H17S.